The zero-order valence-corrected chi connectivity index (χ0v) is 8.52. The van der Waals surface area contributed by atoms with Gasteiger partial charge in [-0.2, -0.15) is 0 Å². The molecule has 0 aliphatic heterocycles. The van der Waals surface area contributed by atoms with Crippen LogP contribution in [0.15, 0.2) is 33.6 Å². The van der Waals surface area contributed by atoms with Crippen molar-refractivity contribution in [3.05, 3.63) is 40.2 Å². The Labute approximate surface area is 86.3 Å². The first-order valence-corrected chi connectivity index (χ1v) is 4.56. The highest BCUT2D eigenvalue weighted by molar-refractivity contribution is 5.69. The molecule has 0 amide bonds. The summed E-state index contributed by atoms with van der Waals surface area (Å²) in [4.78, 5) is 11.3. The Kier molecular flexibility index (Phi) is 2.11. The number of hydrogen-bond donors (Lipinski definition) is 1. The Balaban J connectivity index is 2.75. The molecule has 0 atom stereocenters. The molecule has 2 aromatic rings. The molecule has 15 heavy (non-hydrogen) atoms. The van der Waals surface area contributed by atoms with Crippen molar-refractivity contribution >= 4 is 0 Å². The van der Waals surface area contributed by atoms with E-state index in [9.17, 15) is 9.90 Å². The van der Waals surface area contributed by atoms with E-state index in [0.717, 1.165) is 0 Å². The van der Waals surface area contributed by atoms with Crippen LogP contribution in [-0.4, -0.2) is 9.85 Å². The number of aromatic nitrogens is 1. The maximum Gasteiger partial charge on any atom is 0.361 e. The third kappa shape index (κ3) is 1.44. The second-order valence-electron chi connectivity index (χ2n) is 3.37. The molecule has 0 bridgehead atoms. The Bertz CT molecular complexity index is 551. The second kappa shape index (κ2) is 3.31. The largest absolute Gasteiger partial charge is 0.507 e. The lowest BCUT2D eigenvalue weighted by Crippen LogP contribution is -1.95. The predicted octanol–water partition coefficient (Wildman–Crippen LogP) is 1.66. The van der Waals surface area contributed by atoms with Gasteiger partial charge in [0.15, 0.2) is 0 Å². The van der Waals surface area contributed by atoms with Crippen molar-refractivity contribution < 1.29 is 9.63 Å². The quantitative estimate of drug-likeness (QED) is 0.770. The van der Waals surface area contributed by atoms with E-state index in [1.165, 1.54) is 4.74 Å². The molecule has 0 unspecified atom stereocenters. The Hall–Kier alpha value is -1.97. The van der Waals surface area contributed by atoms with Crippen molar-refractivity contribution in [1.82, 2.24) is 4.74 Å². The third-order valence-corrected chi connectivity index (χ3v) is 2.36. The summed E-state index contributed by atoms with van der Waals surface area (Å²) in [6.45, 7) is 1.67. The first-order valence-electron chi connectivity index (χ1n) is 4.56. The molecule has 1 aromatic carbocycles. The van der Waals surface area contributed by atoms with Crippen LogP contribution < -0.4 is 5.63 Å². The van der Waals surface area contributed by atoms with E-state index in [0.29, 0.717) is 16.8 Å². The lowest BCUT2D eigenvalue weighted by atomic mass is 10.1. The molecule has 0 spiro atoms. The molecular formula is C11H11NO3. The fraction of sp³-hybridized carbons (Fsp3) is 0.182. The van der Waals surface area contributed by atoms with Crippen molar-refractivity contribution in [1.29, 1.82) is 0 Å². The third-order valence-electron chi connectivity index (χ3n) is 2.36. The van der Waals surface area contributed by atoms with Crippen molar-refractivity contribution in [2.45, 2.75) is 6.92 Å². The van der Waals surface area contributed by atoms with Crippen LogP contribution in [0.25, 0.3) is 11.3 Å². The van der Waals surface area contributed by atoms with E-state index in [2.05, 4.69) is 0 Å². The normalized spacial score (nSPS) is 10.5. The van der Waals surface area contributed by atoms with Gasteiger partial charge in [-0.1, -0.05) is 12.1 Å². The van der Waals surface area contributed by atoms with Crippen LogP contribution >= 0.6 is 0 Å². The molecule has 0 aliphatic carbocycles. The van der Waals surface area contributed by atoms with Gasteiger partial charge in [0, 0.05) is 12.6 Å². The maximum absolute atomic E-state index is 11.3. The Morgan fingerprint density at radius 3 is 2.53 bits per heavy atom. The van der Waals surface area contributed by atoms with E-state index in [-0.39, 0.29) is 11.4 Å². The van der Waals surface area contributed by atoms with E-state index in [1.54, 1.807) is 38.2 Å². The molecule has 0 saturated heterocycles. The van der Waals surface area contributed by atoms with Crippen molar-refractivity contribution in [3.63, 3.8) is 0 Å². The monoisotopic (exact) mass is 205 g/mol. The minimum atomic E-state index is -0.379. The highest BCUT2D eigenvalue weighted by Crippen LogP contribution is 2.29. The number of rotatable bonds is 1. The molecule has 0 fully saturated rings. The number of aryl methyl sites for hydroxylation is 1. The standard InChI is InChI=1S/C11H11NO3/c1-7-10(12(2)15-11(7)14)8-5-3-4-6-9(8)13/h3-6,13H,1-2H3. The fourth-order valence-electron chi connectivity index (χ4n) is 1.62. The van der Waals surface area contributed by atoms with Crippen LogP contribution in [-0.2, 0) is 7.05 Å². The summed E-state index contributed by atoms with van der Waals surface area (Å²) in [5, 5.41) is 9.67. The molecule has 2 rings (SSSR count). The number of phenols is 1. The SMILES string of the molecule is Cc1c(-c2ccccc2O)n(C)oc1=O. The lowest BCUT2D eigenvalue weighted by molar-refractivity contribution is 0.288. The molecule has 0 aliphatic rings. The van der Waals surface area contributed by atoms with Crippen molar-refractivity contribution in [2.24, 2.45) is 7.05 Å². The van der Waals surface area contributed by atoms with Crippen LogP contribution in [0.4, 0.5) is 0 Å². The molecule has 0 radical (unpaired) electrons. The highest BCUT2D eigenvalue weighted by Gasteiger charge is 2.15. The van der Waals surface area contributed by atoms with E-state index in [4.69, 9.17) is 4.52 Å². The average molecular weight is 205 g/mol. The van der Waals surface area contributed by atoms with E-state index < -0.39 is 0 Å². The van der Waals surface area contributed by atoms with Gasteiger partial charge in [-0.25, -0.2) is 9.53 Å². The molecule has 1 N–H and O–H groups in total. The lowest BCUT2D eigenvalue weighted by Gasteiger charge is -2.04. The van der Waals surface area contributed by atoms with Gasteiger partial charge in [-0.3, -0.25) is 0 Å². The number of para-hydroxylation sites is 1. The van der Waals surface area contributed by atoms with Crippen molar-refractivity contribution in [3.8, 4) is 17.0 Å². The minimum Gasteiger partial charge on any atom is -0.507 e. The zero-order chi connectivity index (χ0) is 11.0. The molecular weight excluding hydrogens is 194 g/mol. The van der Waals surface area contributed by atoms with Gasteiger partial charge in [0.25, 0.3) is 0 Å². The first-order chi connectivity index (χ1) is 7.11. The molecule has 4 nitrogen and oxygen atoms in total. The van der Waals surface area contributed by atoms with Crippen LogP contribution in [0.2, 0.25) is 0 Å². The fourth-order valence-corrected chi connectivity index (χ4v) is 1.62. The van der Waals surface area contributed by atoms with Crippen molar-refractivity contribution in [2.75, 3.05) is 0 Å². The van der Waals surface area contributed by atoms with Gasteiger partial charge in [-0.05, 0) is 19.1 Å². The molecule has 1 heterocycles. The summed E-state index contributed by atoms with van der Waals surface area (Å²) in [7, 11) is 1.64. The van der Waals surface area contributed by atoms with Crippen LogP contribution in [0.1, 0.15) is 5.56 Å². The second-order valence-corrected chi connectivity index (χ2v) is 3.37. The summed E-state index contributed by atoms with van der Waals surface area (Å²) in [6.07, 6.45) is 0. The average Bonchev–Trinajstić information content (AvgIpc) is 2.43. The molecule has 4 heteroatoms. The number of benzene rings is 1. The smallest absolute Gasteiger partial charge is 0.361 e. The number of nitrogens with zero attached hydrogens (tertiary/aromatic N) is 1. The van der Waals surface area contributed by atoms with Gasteiger partial charge in [0.05, 0.1) is 11.3 Å². The Morgan fingerprint density at radius 2 is 2.00 bits per heavy atom. The highest BCUT2D eigenvalue weighted by atomic mass is 16.5. The summed E-state index contributed by atoms with van der Waals surface area (Å²) in [5.74, 6) is 0.136. The number of hydrogen-bond acceptors (Lipinski definition) is 3. The Morgan fingerprint density at radius 1 is 1.33 bits per heavy atom. The molecule has 78 valence electrons. The molecule has 0 saturated carbocycles. The first kappa shape index (κ1) is 9.58. The van der Waals surface area contributed by atoms with Gasteiger partial charge in [0.2, 0.25) is 0 Å². The summed E-state index contributed by atoms with van der Waals surface area (Å²) in [6, 6.07) is 6.84. The predicted molar refractivity (Wildman–Crippen MR) is 55.8 cm³/mol. The number of phenolic OH excluding ortho intramolecular Hbond substituents is 1. The summed E-state index contributed by atoms with van der Waals surface area (Å²) < 4.78 is 6.27. The van der Waals surface area contributed by atoms with Gasteiger partial charge >= 0.3 is 5.63 Å². The van der Waals surface area contributed by atoms with Crippen LogP contribution in [0.3, 0.4) is 0 Å². The van der Waals surface area contributed by atoms with E-state index in [1.807, 2.05) is 0 Å². The number of aromatic hydroxyl groups is 1. The van der Waals surface area contributed by atoms with Gasteiger partial charge in [-0.15, -0.1) is 0 Å². The summed E-state index contributed by atoms with van der Waals surface area (Å²) >= 11 is 0. The molecule has 1 aromatic heterocycles. The topological polar surface area (TPSA) is 55.4 Å². The van der Waals surface area contributed by atoms with Gasteiger partial charge < -0.3 is 9.63 Å². The van der Waals surface area contributed by atoms with Crippen LogP contribution in [0, 0.1) is 6.92 Å². The maximum atomic E-state index is 11.3. The summed E-state index contributed by atoms with van der Waals surface area (Å²) in [5.41, 5.74) is 1.33. The van der Waals surface area contributed by atoms with Gasteiger partial charge in [0.1, 0.15) is 5.75 Å². The van der Waals surface area contributed by atoms with Crippen LogP contribution in [0.5, 0.6) is 5.75 Å². The van der Waals surface area contributed by atoms with E-state index >= 15 is 0 Å². The zero-order valence-electron chi connectivity index (χ0n) is 8.52. The minimum absolute atomic E-state index is 0.136.